The van der Waals surface area contributed by atoms with Crippen LogP contribution in [-0.2, 0) is 0 Å². The van der Waals surface area contributed by atoms with Crippen molar-refractivity contribution in [2.45, 2.75) is 13.8 Å². The lowest BCUT2D eigenvalue weighted by atomic mass is 10.0. The highest BCUT2D eigenvalue weighted by Crippen LogP contribution is 2.26. The summed E-state index contributed by atoms with van der Waals surface area (Å²) in [6.07, 6.45) is 0. The fourth-order valence-corrected chi connectivity index (χ4v) is 3.78. The lowest BCUT2D eigenvalue weighted by molar-refractivity contribution is 0.102. The lowest BCUT2D eigenvalue weighted by Gasteiger charge is -2.05. The largest absolute Gasteiger partial charge is 0.298 e. The molecule has 1 amide bonds. The predicted octanol–water partition coefficient (Wildman–Crippen LogP) is 5.91. The van der Waals surface area contributed by atoms with Gasteiger partial charge in [-0.25, -0.2) is 4.98 Å². The molecule has 0 atom stereocenters. The number of hydrogen-bond acceptors (Lipinski definition) is 4. The molecule has 4 aromatic rings. The van der Waals surface area contributed by atoms with Gasteiger partial charge in [0.1, 0.15) is 0 Å². The molecule has 1 heterocycles. The average Bonchev–Trinajstić information content (AvgIpc) is 3.24. The minimum Gasteiger partial charge on any atom is -0.298 e. The molecule has 0 saturated heterocycles. The maximum Gasteiger partial charge on any atom is 0.257 e. The third-order valence-corrected chi connectivity index (χ3v) is 5.73. The molecule has 0 aliphatic heterocycles. The van der Waals surface area contributed by atoms with Gasteiger partial charge in [0, 0.05) is 27.6 Å². The summed E-state index contributed by atoms with van der Waals surface area (Å²) in [4.78, 5) is 29.6. The van der Waals surface area contributed by atoms with Gasteiger partial charge in [-0.15, -0.1) is 11.3 Å². The van der Waals surface area contributed by atoms with E-state index in [0.717, 1.165) is 11.3 Å². The number of nitrogens with zero attached hydrogens (tertiary/aromatic N) is 1. The summed E-state index contributed by atoms with van der Waals surface area (Å²) < 4.78 is 0. The number of benzene rings is 3. The number of ketones is 1. The zero-order valence-corrected chi connectivity index (χ0v) is 17.5. The Labute approximate surface area is 179 Å². The van der Waals surface area contributed by atoms with Gasteiger partial charge in [-0.2, -0.15) is 0 Å². The average molecular weight is 413 g/mol. The molecule has 0 fully saturated rings. The van der Waals surface area contributed by atoms with Crippen LogP contribution >= 0.6 is 11.3 Å². The van der Waals surface area contributed by atoms with E-state index in [0.29, 0.717) is 21.8 Å². The summed E-state index contributed by atoms with van der Waals surface area (Å²) in [5.74, 6) is -0.324. The van der Waals surface area contributed by atoms with Crippen LogP contribution in [0.15, 0.2) is 78.2 Å². The Bertz CT molecular complexity index is 1210. The molecule has 0 unspecified atom stereocenters. The topological polar surface area (TPSA) is 59.1 Å². The number of amides is 1. The molecule has 0 radical (unpaired) electrons. The molecule has 3 aromatic carbocycles. The smallest absolute Gasteiger partial charge is 0.257 e. The zero-order valence-electron chi connectivity index (χ0n) is 16.7. The van der Waals surface area contributed by atoms with Gasteiger partial charge in [0.05, 0.1) is 5.69 Å². The van der Waals surface area contributed by atoms with Gasteiger partial charge in [-0.3, -0.25) is 14.9 Å². The Morgan fingerprint density at radius 1 is 0.800 bits per heavy atom. The molecule has 0 saturated carbocycles. The molecule has 1 aromatic heterocycles. The van der Waals surface area contributed by atoms with Crippen molar-refractivity contribution in [1.29, 1.82) is 0 Å². The minimum atomic E-state index is -0.255. The molecule has 0 bridgehead atoms. The van der Waals surface area contributed by atoms with E-state index in [1.807, 2.05) is 29.6 Å². The molecule has 0 aliphatic rings. The number of aromatic nitrogens is 1. The lowest BCUT2D eigenvalue weighted by Crippen LogP contribution is -2.12. The molecule has 1 N–H and O–H groups in total. The Morgan fingerprint density at radius 2 is 1.47 bits per heavy atom. The number of hydrogen-bond donors (Lipinski definition) is 1. The fraction of sp³-hybridized carbons (Fsp3) is 0.0800. The van der Waals surface area contributed by atoms with E-state index in [9.17, 15) is 9.59 Å². The highest BCUT2D eigenvalue weighted by Gasteiger charge is 2.13. The summed E-state index contributed by atoms with van der Waals surface area (Å²) in [5.41, 5.74) is 5.94. The van der Waals surface area contributed by atoms with Crippen LogP contribution in [0.25, 0.3) is 11.3 Å². The van der Waals surface area contributed by atoms with Gasteiger partial charge < -0.3 is 0 Å². The maximum atomic E-state index is 12.6. The van der Waals surface area contributed by atoms with E-state index >= 15 is 0 Å². The van der Waals surface area contributed by atoms with Crippen LogP contribution in [0.1, 0.15) is 37.4 Å². The van der Waals surface area contributed by atoms with Crippen LogP contribution in [0.4, 0.5) is 5.13 Å². The fourth-order valence-electron chi connectivity index (χ4n) is 3.06. The summed E-state index contributed by atoms with van der Waals surface area (Å²) in [6, 6.07) is 21.9. The zero-order chi connectivity index (χ0) is 21.1. The van der Waals surface area contributed by atoms with Gasteiger partial charge in [0.2, 0.25) is 0 Å². The SMILES string of the molecule is Cc1ccc(-c2csc(NC(=O)c3ccc(C(=O)c4ccccc4)cc3)n2)cc1C. The summed E-state index contributed by atoms with van der Waals surface area (Å²) in [6.45, 7) is 4.14. The molecule has 30 heavy (non-hydrogen) atoms. The van der Waals surface area contributed by atoms with Crippen molar-refractivity contribution in [1.82, 2.24) is 4.98 Å². The molecular weight excluding hydrogens is 392 g/mol. The van der Waals surface area contributed by atoms with Crippen LogP contribution in [0.3, 0.4) is 0 Å². The number of rotatable bonds is 5. The van der Waals surface area contributed by atoms with E-state index < -0.39 is 0 Å². The molecule has 4 rings (SSSR count). The quantitative estimate of drug-likeness (QED) is 0.415. The van der Waals surface area contributed by atoms with Crippen molar-refractivity contribution in [3.63, 3.8) is 0 Å². The van der Waals surface area contributed by atoms with Crippen molar-refractivity contribution >= 4 is 28.2 Å². The molecule has 4 nitrogen and oxygen atoms in total. The third kappa shape index (κ3) is 4.21. The van der Waals surface area contributed by atoms with Gasteiger partial charge in [-0.1, -0.05) is 54.6 Å². The standard InChI is InChI=1S/C25H20N2O2S/c1-16-8-9-21(14-17(16)2)22-15-30-25(26-22)27-24(29)20-12-10-19(11-13-20)23(28)18-6-4-3-5-7-18/h3-15H,1-2H3,(H,26,27,29). The molecule has 0 aliphatic carbocycles. The monoisotopic (exact) mass is 412 g/mol. The number of anilines is 1. The van der Waals surface area contributed by atoms with Crippen LogP contribution in [-0.4, -0.2) is 16.7 Å². The number of carbonyl (C=O) groups is 2. The second kappa shape index (κ2) is 8.43. The number of aryl methyl sites for hydroxylation is 2. The van der Waals surface area contributed by atoms with Crippen molar-refractivity contribution in [3.05, 3.63) is 106 Å². The molecular formula is C25H20N2O2S. The first-order valence-corrected chi connectivity index (χ1v) is 10.4. The number of carbonyl (C=O) groups excluding carboxylic acids is 2. The van der Waals surface area contributed by atoms with Gasteiger partial charge >= 0.3 is 0 Å². The second-order valence-electron chi connectivity index (χ2n) is 7.06. The van der Waals surface area contributed by atoms with Crippen molar-refractivity contribution in [2.75, 3.05) is 5.32 Å². The number of nitrogens with one attached hydrogen (secondary N) is 1. The Hall–Kier alpha value is -3.57. The summed E-state index contributed by atoms with van der Waals surface area (Å²) >= 11 is 1.39. The van der Waals surface area contributed by atoms with Crippen molar-refractivity contribution < 1.29 is 9.59 Å². The minimum absolute atomic E-state index is 0.0690. The summed E-state index contributed by atoms with van der Waals surface area (Å²) in [5, 5.41) is 5.31. The normalized spacial score (nSPS) is 10.6. The second-order valence-corrected chi connectivity index (χ2v) is 7.92. The van der Waals surface area contributed by atoms with E-state index in [2.05, 4.69) is 36.3 Å². The Morgan fingerprint density at radius 3 is 2.17 bits per heavy atom. The molecule has 0 spiro atoms. The van der Waals surface area contributed by atoms with E-state index in [4.69, 9.17) is 0 Å². The third-order valence-electron chi connectivity index (χ3n) is 4.97. The van der Waals surface area contributed by atoms with Crippen LogP contribution in [0.5, 0.6) is 0 Å². The van der Waals surface area contributed by atoms with Crippen molar-refractivity contribution in [3.8, 4) is 11.3 Å². The first kappa shape index (κ1) is 19.7. The van der Waals surface area contributed by atoms with E-state index in [-0.39, 0.29) is 11.7 Å². The van der Waals surface area contributed by atoms with Gasteiger partial charge in [0.15, 0.2) is 10.9 Å². The van der Waals surface area contributed by atoms with Crippen molar-refractivity contribution in [2.24, 2.45) is 0 Å². The predicted molar refractivity (Wildman–Crippen MR) is 121 cm³/mol. The molecule has 148 valence electrons. The first-order valence-electron chi connectivity index (χ1n) is 9.55. The van der Waals surface area contributed by atoms with Crippen LogP contribution in [0.2, 0.25) is 0 Å². The van der Waals surface area contributed by atoms with E-state index in [1.165, 1.54) is 22.5 Å². The highest BCUT2D eigenvalue weighted by molar-refractivity contribution is 7.14. The van der Waals surface area contributed by atoms with Crippen LogP contribution in [0, 0.1) is 13.8 Å². The van der Waals surface area contributed by atoms with Gasteiger partial charge in [0.25, 0.3) is 5.91 Å². The molecule has 5 heteroatoms. The maximum absolute atomic E-state index is 12.6. The van der Waals surface area contributed by atoms with Gasteiger partial charge in [-0.05, 0) is 43.2 Å². The number of thiazole rings is 1. The van der Waals surface area contributed by atoms with Crippen LogP contribution < -0.4 is 5.32 Å². The Kier molecular flexibility index (Phi) is 5.55. The summed E-state index contributed by atoms with van der Waals surface area (Å²) in [7, 11) is 0. The highest BCUT2D eigenvalue weighted by atomic mass is 32.1. The van der Waals surface area contributed by atoms with E-state index in [1.54, 1.807) is 36.4 Å². The Balaban J connectivity index is 1.46. The first-order chi connectivity index (χ1) is 14.5.